The van der Waals surface area contributed by atoms with Crippen LogP contribution in [0.5, 0.6) is 0 Å². The predicted molar refractivity (Wildman–Crippen MR) is 52.4 cm³/mol. The van der Waals surface area contributed by atoms with Crippen LogP contribution in [0.15, 0.2) is 23.2 Å². The highest BCUT2D eigenvalue weighted by molar-refractivity contribution is 5.90. The van der Waals surface area contributed by atoms with Gasteiger partial charge in [-0.25, -0.2) is 14.0 Å². The van der Waals surface area contributed by atoms with Crippen molar-refractivity contribution in [2.75, 3.05) is 0 Å². The Balaban J connectivity index is 2.57. The van der Waals surface area contributed by atoms with Gasteiger partial charge >= 0.3 is 5.97 Å². The molecule has 1 aromatic carbocycles. The van der Waals surface area contributed by atoms with Gasteiger partial charge in [0.05, 0.1) is 11.1 Å². The van der Waals surface area contributed by atoms with Gasteiger partial charge in [0, 0.05) is 0 Å². The Morgan fingerprint density at radius 1 is 1.50 bits per heavy atom. The van der Waals surface area contributed by atoms with Crippen LogP contribution < -0.4 is 0 Å². The zero-order chi connectivity index (χ0) is 11.8. The Bertz CT molecular complexity index is 502. The van der Waals surface area contributed by atoms with Crippen LogP contribution in [0.25, 0.3) is 0 Å². The van der Waals surface area contributed by atoms with E-state index in [1.807, 2.05) is 0 Å². The maximum Gasteiger partial charge on any atom is 0.336 e. The first-order valence-electron chi connectivity index (χ1n) is 4.71. The van der Waals surface area contributed by atoms with E-state index >= 15 is 0 Å². The lowest BCUT2D eigenvalue weighted by Gasteiger charge is -2.11. The molecule has 0 amide bonds. The second-order valence-corrected chi connectivity index (χ2v) is 3.73. The van der Waals surface area contributed by atoms with Gasteiger partial charge in [-0.15, -0.1) is 0 Å². The summed E-state index contributed by atoms with van der Waals surface area (Å²) in [6.45, 7) is 0. The Morgan fingerprint density at radius 3 is 2.69 bits per heavy atom. The van der Waals surface area contributed by atoms with Gasteiger partial charge in [0.1, 0.15) is 5.82 Å². The molecule has 82 valence electrons. The third kappa shape index (κ3) is 1.61. The second kappa shape index (κ2) is 3.54. The summed E-state index contributed by atoms with van der Waals surface area (Å²) < 4.78 is 12.9. The van der Waals surface area contributed by atoms with E-state index in [9.17, 15) is 14.0 Å². The molecular weight excluding hydrogens is 213 g/mol. The molecule has 0 saturated heterocycles. The first-order chi connectivity index (χ1) is 7.59. The Kier molecular flexibility index (Phi) is 2.33. The summed E-state index contributed by atoms with van der Waals surface area (Å²) >= 11 is 0. The Morgan fingerprint density at radius 2 is 2.19 bits per heavy atom. The molecule has 0 atom stereocenters. The SMILES string of the molecule is O=C=NC1(c2ccc(F)cc2C(=O)O)CC1. The first-order valence-corrected chi connectivity index (χ1v) is 4.71. The normalized spacial score (nSPS) is 16.3. The summed E-state index contributed by atoms with van der Waals surface area (Å²) in [7, 11) is 0. The number of aromatic carboxylic acids is 1. The number of nitrogens with zero attached hydrogens (tertiary/aromatic N) is 1. The van der Waals surface area contributed by atoms with Gasteiger partial charge in [-0.1, -0.05) is 6.07 Å². The quantitative estimate of drug-likeness (QED) is 0.625. The molecule has 1 aliphatic rings. The van der Waals surface area contributed by atoms with E-state index in [1.165, 1.54) is 18.2 Å². The molecular formula is C11H8FNO3. The van der Waals surface area contributed by atoms with Crippen LogP contribution in [-0.4, -0.2) is 17.2 Å². The molecule has 0 spiro atoms. The minimum atomic E-state index is -1.22. The zero-order valence-corrected chi connectivity index (χ0v) is 8.24. The molecule has 5 heteroatoms. The van der Waals surface area contributed by atoms with Gasteiger partial charge in [0.15, 0.2) is 0 Å². The van der Waals surface area contributed by atoms with Gasteiger partial charge in [0.2, 0.25) is 6.08 Å². The van der Waals surface area contributed by atoms with Crippen molar-refractivity contribution in [1.82, 2.24) is 0 Å². The van der Waals surface area contributed by atoms with Crippen LogP contribution in [0, 0.1) is 5.82 Å². The van der Waals surface area contributed by atoms with E-state index in [0.717, 1.165) is 6.07 Å². The molecule has 0 aromatic heterocycles. The topological polar surface area (TPSA) is 66.7 Å². The summed E-state index contributed by atoms with van der Waals surface area (Å²) in [4.78, 5) is 24.8. The number of carbonyl (C=O) groups is 1. The monoisotopic (exact) mass is 221 g/mol. The van der Waals surface area contributed by atoms with Crippen LogP contribution in [0.1, 0.15) is 28.8 Å². The molecule has 4 nitrogen and oxygen atoms in total. The van der Waals surface area contributed by atoms with Crippen LogP contribution in [0.3, 0.4) is 0 Å². The Labute approximate surface area is 90.4 Å². The molecule has 1 aromatic rings. The van der Waals surface area contributed by atoms with Crippen LogP contribution in [0.4, 0.5) is 4.39 Å². The number of carbonyl (C=O) groups excluding carboxylic acids is 1. The molecule has 0 aliphatic heterocycles. The van der Waals surface area contributed by atoms with Crippen molar-refractivity contribution in [2.45, 2.75) is 18.4 Å². The fourth-order valence-electron chi connectivity index (χ4n) is 1.75. The zero-order valence-electron chi connectivity index (χ0n) is 8.24. The van der Waals surface area contributed by atoms with Crippen molar-refractivity contribution in [1.29, 1.82) is 0 Å². The number of carboxylic acids is 1. The molecule has 0 bridgehead atoms. The van der Waals surface area contributed by atoms with E-state index in [4.69, 9.17) is 5.11 Å². The molecule has 0 heterocycles. The summed E-state index contributed by atoms with van der Waals surface area (Å²) in [5.74, 6) is -1.84. The number of isocyanates is 1. The third-order valence-corrected chi connectivity index (χ3v) is 2.70. The summed E-state index contributed by atoms with van der Waals surface area (Å²) in [5, 5.41) is 8.94. The number of carboxylic acid groups (broad SMARTS) is 1. The number of halogens is 1. The van der Waals surface area contributed by atoms with E-state index < -0.39 is 17.3 Å². The maximum absolute atomic E-state index is 12.9. The van der Waals surface area contributed by atoms with Crippen molar-refractivity contribution in [3.63, 3.8) is 0 Å². The van der Waals surface area contributed by atoms with E-state index in [1.54, 1.807) is 0 Å². The van der Waals surface area contributed by atoms with Crippen molar-refractivity contribution in [3.8, 4) is 0 Å². The molecule has 2 rings (SSSR count). The molecule has 1 aliphatic carbocycles. The van der Waals surface area contributed by atoms with Gasteiger partial charge in [-0.2, -0.15) is 4.99 Å². The molecule has 1 fully saturated rings. The van der Waals surface area contributed by atoms with Crippen molar-refractivity contribution in [2.24, 2.45) is 4.99 Å². The van der Waals surface area contributed by atoms with Gasteiger partial charge in [0.25, 0.3) is 0 Å². The highest BCUT2D eigenvalue weighted by Gasteiger charge is 2.47. The molecule has 1 saturated carbocycles. The highest BCUT2D eigenvalue weighted by atomic mass is 19.1. The fraction of sp³-hybridized carbons (Fsp3) is 0.273. The average molecular weight is 221 g/mol. The van der Waals surface area contributed by atoms with Crippen molar-refractivity contribution < 1.29 is 19.1 Å². The van der Waals surface area contributed by atoms with Crippen LogP contribution >= 0.6 is 0 Å². The van der Waals surface area contributed by atoms with E-state index in [2.05, 4.69) is 4.99 Å². The molecule has 16 heavy (non-hydrogen) atoms. The number of hydrogen-bond donors (Lipinski definition) is 1. The number of aliphatic imine (C=N–C) groups is 1. The predicted octanol–water partition coefficient (Wildman–Crippen LogP) is 1.85. The van der Waals surface area contributed by atoms with E-state index in [0.29, 0.717) is 18.4 Å². The largest absolute Gasteiger partial charge is 0.478 e. The summed E-state index contributed by atoms with van der Waals surface area (Å²) in [6, 6.07) is 3.48. The summed E-state index contributed by atoms with van der Waals surface area (Å²) in [5.41, 5.74) is -0.551. The number of hydrogen-bond acceptors (Lipinski definition) is 3. The lowest BCUT2D eigenvalue weighted by Crippen LogP contribution is -2.11. The highest BCUT2D eigenvalue weighted by Crippen LogP contribution is 2.50. The van der Waals surface area contributed by atoms with Gasteiger partial charge < -0.3 is 5.11 Å². The maximum atomic E-state index is 12.9. The second-order valence-electron chi connectivity index (χ2n) is 3.73. The molecule has 0 unspecified atom stereocenters. The minimum absolute atomic E-state index is 0.142. The fourth-order valence-corrected chi connectivity index (χ4v) is 1.75. The van der Waals surface area contributed by atoms with Gasteiger partial charge in [-0.3, -0.25) is 0 Å². The minimum Gasteiger partial charge on any atom is -0.478 e. The Hall–Kier alpha value is -2.00. The summed E-state index contributed by atoms with van der Waals surface area (Å²) in [6.07, 6.45) is 2.62. The number of benzene rings is 1. The van der Waals surface area contributed by atoms with Gasteiger partial charge in [-0.05, 0) is 30.5 Å². The average Bonchev–Trinajstić information content (AvgIpc) is 2.99. The van der Waals surface area contributed by atoms with Crippen LogP contribution in [-0.2, 0) is 10.3 Å². The smallest absolute Gasteiger partial charge is 0.336 e. The lowest BCUT2D eigenvalue weighted by atomic mass is 9.98. The van der Waals surface area contributed by atoms with Crippen molar-refractivity contribution in [3.05, 3.63) is 35.1 Å². The first kappa shape index (κ1) is 10.5. The van der Waals surface area contributed by atoms with Crippen LogP contribution in [0.2, 0.25) is 0 Å². The van der Waals surface area contributed by atoms with E-state index in [-0.39, 0.29) is 5.56 Å². The van der Waals surface area contributed by atoms with Crippen molar-refractivity contribution >= 4 is 12.0 Å². The molecule has 0 radical (unpaired) electrons. The number of rotatable bonds is 3. The standard InChI is InChI=1S/C11H8FNO3/c12-7-1-2-9(8(5-7)10(15)16)11(3-4-11)13-6-14/h1-2,5H,3-4H2,(H,15,16). The lowest BCUT2D eigenvalue weighted by molar-refractivity contribution is 0.0694. The third-order valence-electron chi connectivity index (χ3n) is 2.70. The molecule has 1 N–H and O–H groups in total.